The summed E-state index contributed by atoms with van der Waals surface area (Å²) in [7, 11) is 2.16. The van der Waals surface area contributed by atoms with Crippen LogP contribution in [0.15, 0.2) is 72.8 Å². The van der Waals surface area contributed by atoms with Crippen molar-refractivity contribution in [2.24, 2.45) is 0 Å². The molecular formula is C30H35NO2. The van der Waals surface area contributed by atoms with E-state index in [0.29, 0.717) is 12.5 Å². The first kappa shape index (κ1) is 23.3. The minimum atomic E-state index is 0.0919. The van der Waals surface area contributed by atoms with E-state index < -0.39 is 0 Å². The molecule has 1 heterocycles. The van der Waals surface area contributed by atoms with Gasteiger partial charge in [-0.2, -0.15) is 0 Å². The number of rotatable bonds is 6. The maximum atomic E-state index is 12.7. The summed E-state index contributed by atoms with van der Waals surface area (Å²) in [6, 6.07) is 24.7. The molecule has 33 heavy (non-hydrogen) atoms. The van der Waals surface area contributed by atoms with Gasteiger partial charge in [-0.1, -0.05) is 81.4 Å². The van der Waals surface area contributed by atoms with Crippen molar-refractivity contribution >= 4 is 5.78 Å². The van der Waals surface area contributed by atoms with Crippen molar-refractivity contribution in [3.8, 4) is 16.9 Å². The molecule has 1 aliphatic rings. The van der Waals surface area contributed by atoms with Gasteiger partial charge in [0.15, 0.2) is 5.78 Å². The zero-order valence-electron chi connectivity index (χ0n) is 20.3. The summed E-state index contributed by atoms with van der Waals surface area (Å²) in [6.45, 7) is 8.74. The van der Waals surface area contributed by atoms with Crippen LogP contribution in [-0.4, -0.2) is 36.9 Å². The molecule has 3 nitrogen and oxygen atoms in total. The summed E-state index contributed by atoms with van der Waals surface area (Å²) in [6.07, 6.45) is 2.89. The first-order valence-electron chi connectivity index (χ1n) is 12.0. The predicted molar refractivity (Wildman–Crippen MR) is 136 cm³/mol. The van der Waals surface area contributed by atoms with E-state index in [1.54, 1.807) is 0 Å². The third-order valence-corrected chi connectivity index (χ3v) is 6.55. The highest BCUT2D eigenvalue weighted by Gasteiger charge is 2.18. The quantitative estimate of drug-likeness (QED) is 0.406. The number of piperidine rings is 1. The van der Waals surface area contributed by atoms with Gasteiger partial charge in [0.1, 0.15) is 11.9 Å². The molecule has 0 amide bonds. The summed E-state index contributed by atoms with van der Waals surface area (Å²) in [5, 5.41) is 0. The maximum Gasteiger partial charge on any atom is 0.167 e. The Hall–Kier alpha value is -2.91. The van der Waals surface area contributed by atoms with Crippen molar-refractivity contribution in [2.75, 3.05) is 20.1 Å². The zero-order valence-corrected chi connectivity index (χ0v) is 20.3. The second-order valence-electron chi connectivity index (χ2n) is 10.3. The lowest BCUT2D eigenvalue weighted by Gasteiger charge is -2.29. The molecule has 1 saturated heterocycles. The van der Waals surface area contributed by atoms with E-state index in [0.717, 1.165) is 53.9 Å². The molecule has 4 rings (SSSR count). The smallest absolute Gasteiger partial charge is 0.167 e. The van der Waals surface area contributed by atoms with E-state index in [-0.39, 0.29) is 11.2 Å². The van der Waals surface area contributed by atoms with Crippen molar-refractivity contribution in [2.45, 2.75) is 51.6 Å². The highest BCUT2D eigenvalue weighted by atomic mass is 16.5. The number of carbonyl (C=O) groups excluding carboxylic acids is 1. The molecule has 0 unspecified atom stereocenters. The Bertz CT molecular complexity index is 1050. The zero-order chi connectivity index (χ0) is 23.4. The molecule has 0 bridgehead atoms. The van der Waals surface area contributed by atoms with E-state index in [4.69, 9.17) is 4.74 Å². The van der Waals surface area contributed by atoms with Crippen LogP contribution in [0.1, 0.15) is 55.1 Å². The van der Waals surface area contributed by atoms with E-state index in [2.05, 4.69) is 93.4 Å². The highest BCUT2D eigenvalue weighted by Crippen LogP contribution is 2.26. The molecular weight excluding hydrogens is 406 g/mol. The van der Waals surface area contributed by atoms with Crippen LogP contribution in [0.2, 0.25) is 0 Å². The number of Topliss-reactive ketones (excluding diaryl/α,β-unsaturated/α-hetero) is 1. The van der Waals surface area contributed by atoms with Gasteiger partial charge >= 0.3 is 0 Å². The number of likely N-dealkylation sites (tertiary alicyclic amines) is 1. The Morgan fingerprint density at radius 3 is 1.94 bits per heavy atom. The van der Waals surface area contributed by atoms with Crippen molar-refractivity contribution in [3.63, 3.8) is 0 Å². The van der Waals surface area contributed by atoms with E-state index in [1.807, 2.05) is 12.1 Å². The number of benzene rings is 3. The van der Waals surface area contributed by atoms with Gasteiger partial charge in [0, 0.05) is 25.1 Å². The second-order valence-corrected chi connectivity index (χ2v) is 10.3. The number of hydrogen-bond donors (Lipinski definition) is 0. The van der Waals surface area contributed by atoms with Crippen molar-refractivity contribution in [1.82, 2.24) is 4.90 Å². The van der Waals surface area contributed by atoms with Gasteiger partial charge in [0.2, 0.25) is 0 Å². The Labute approximate surface area is 198 Å². The van der Waals surface area contributed by atoms with Gasteiger partial charge < -0.3 is 9.64 Å². The third-order valence-electron chi connectivity index (χ3n) is 6.55. The van der Waals surface area contributed by atoms with E-state index >= 15 is 0 Å². The lowest BCUT2D eigenvalue weighted by molar-refractivity contribution is 0.0993. The van der Waals surface area contributed by atoms with E-state index in [1.165, 1.54) is 5.56 Å². The SMILES string of the molecule is CN1CCC(Oc2ccc(-c3ccc(CC(=O)c4ccc(C(C)(C)C)cc4)cc3)cc2)CC1. The Morgan fingerprint density at radius 1 is 0.848 bits per heavy atom. The highest BCUT2D eigenvalue weighted by molar-refractivity contribution is 5.97. The van der Waals surface area contributed by atoms with Gasteiger partial charge in [-0.15, -0.1) is 0 Å². The summed E-state index contributed by atoms with van der Waals surface area (Å²) >= 11 is 0. The van der Waals surface area contributed by atoms with Crippen LogP contribution in [0, 0.1) is 0 Å². The fourth-order valence-corrected chi connectivity index (χ4v) is 4.28. The Morgan fingerprint density at radius 2 is 1.39 bits per heavy atom. The minimum absolute atomic E-state index is 0.0919. The van der Waals surface area contributed by atoms with Crippen LogP contribution < -0.4 is 4.74 Å². The predicted octanol–water partition coefficient (Wildman–Crippen LogP) is 6.55. The average Bonchev–Trinajstić information content (AvgIpc) is 2.81. The van der Waals surface area contributed by atoms with Gasteiger partial charge in [0.25, 0.3) is 0 Å². The van der Waals surface area contributed by atoms with Crippen molar-refractivity contribution < 1.29 is 9.53 Å². The molecule has 1 aliphatic heterocycles. The number of carbonyl (C=O) groups is 1. The van der Waals surface area contributed by atoms with Crippen LogP contribution in [0.5, 0.6) is 5.75 Å². The van der Waals surface area contributed by atoms with Gasteiger partial charge in [-0.05, 0) is 59.7 Å². The monoisotopic (exact) mass is 441 g/mol. The average molecular weight is 442 g/mol. The molecule has 3 aromatic carbocycles. The minimum Gasteiger partial charge on any atom is -0.490 e. The van der Waals surface area contributed by atoms with Gasteiger partial charge in [0.05, 0.1) is 0 Å². The summed E-state index contributed by atoms with van der Waals surface area (Å²) in [5.41, 5.74) is 5.44. The topological polar surface area (TPSA) is 29.5 Å². The molecule has 0 aliphatic carbocycles. The molecule has 0 aromatic heterocycles. The van der Waals surface area contributed by atoms with Crippen LogP contribution in [0.25, 0.3) is 11.1 Å². The van der Waals surface area contributed by atoms with Crippen LogP contribution >= 0.6 is 0 Å². The molecule has 0 saturated carbocycles. The molecule has 0 atom stereocenters. The van der Waals surface area contributed by atoms with Crippen LogP contribution in [0.3, 0.4) is 0 Å². The molecule has 1 fully saturated rings. The van der Waals surface area contributed by atoms with Crippen molar-refractivity contribution in [1.29, 1.82) is 0 Å². The molecule has 0 spiro atoms. The largest absolute Gasteiger partial charge is 0.490 e. The van der Waals surface area contributed by atoms with Gasteiger partial charge in [-0.25, -0.2) is 0 Å². The van der Waals surface area contributed by atoms with Crippen LogP contribution in [0.4, 0.5) is 0 Å². The van der Waals surface area contributed by atoms with E-state index in [9.17, 15) is 4.79 Å². The maximum absolute atomic E-state index is 12.7. The third kappa shape index (κ3) is 6.11. The number of ketones is 1. The number of hydrogen-bond acceptors (Lipinski definition) is 3. The lowest BCUT2D eigenvalue weighted by Crippen LogP contribution is -2.35. The molecule has 0 N–H and O–H groups in total. The fourth-order valence-electron chi connectivity index (χ4n) is 4.28. The lowest BCUT2D eigenvalue weighted by atomic mass is 9.86. The van der Waals surface area contributed by atoms with Crippen molar-refractivity contribution in [3.05, 3.63) is 89.5 Å². The molecule has 3 aromatic rings. The Balaban J connectivity index is 1.35. The standard InChI is InChI=1S/C30H35NO2/c1-30(2,3)26-13-9-25(10-14-26)29(32)21-22-5-7-23(8-6-22)24-11-15-27(16-12-24)33-28-17-19-31(4)20-18-28/h5-16,28H,17-21H2,1-4H3. The Kier molecular flexibility index (Phi) is 6.99. The summed E-state index contributed by atoms with van der Waals surface area (Å²) < 4.78 is 6.16. The number of ether oxygens (including phenoxy) is 1. The first-order valence-corrected chi connectivity index (χ1v) is 12.0. The van der Waals surface area contributed by atoms with Crippen LogP contribution in [-0.2, 0) is 11.8 Å². The van der Waals surface area contributed by atoms with Gasteiger partial charge in [-0.3, -0.25) is 4.79 Å². The second kappa shape index (κ2) is 9.93. The number of nitrogens with zero attached hydrogens (tertiary/aromatic N) is 1. The first-order chi connectivity index (χ1) is 15.8. The normalized spacial score (nSPS) is 15.4. The fraction of sp³-hybridized carbons (Fsp3) is 0.367. The molecule has 172 valence electrons. The summed E-state index contributed by atoms with van der Waals surface area (Å²) in [4.78, 5) is 15.1. The molecule has 3 heteroatoms. The molecule has 0 radical (unpaired) electrons. The summed E-state index contributed by atoms with van der Waals surface area (Å²) in [5.74, 6) is 1.09.